The fourth-order valence-corrected chi connectivity index (χ4v) is 5.55. The summed E-state index contributed by atoms with van der Waals surface area (Å²) < 4.78 is 33.6. The molecule has 46 heavy (non-hydrogen) atoms. The molecule has 0 bridgehead atoms. The molecule has 0 fully saturated rings. The summed E-state index contributed by atoms with van der Waals surface area (Å²) in [5.41, 5.74) is 0. The van der Waals surface area contributed by atoms with E-state index in [4.69, 9.17) is 18.5 Å². The molecule has 0 heterocycles. The number of carbonyl (C=O) groups is 2. The van der Waals surface area contributed by atoms with E-state index in [1.807, 2.05) is 21.1 Å². The minimum atomic E-state index is -4.61. The van der Waals surface area contributed by atoms with Crippen molar-refractivity contribution in [2.24, 2.45) is 0 Å². The molecule has 0 saturated carbocycles. The van der Waals surface area contributed by atoms with Gasteiger partial charge >= 0.3 is 11.9 Å². The molecule has 0 aliphatic carbocycles. The van der Waals surface area contributed by atoms with Gasteiger partial charge in [-0.15, -0.1) is 0 Å². The van der Waals surface area contributed by atoms with Gasteiger partial charge in [-0.1, -0.05) is 116 Å². The Balaban J connectivity index is 4.48. The van der Waals surface area contributed by atoms with Crippen molar-refractivity contribution >= 4 is 19.8 Å². The highest BCUT2D eigenvalue weighted by Gasteiger charge is 2.21. The number of unbranched alkanes of at least 4 members (excludes halogenated alkanes) is 17. The second kappa shape index (κ2) is 29.9. The highest BCUT2D eigenvalue weighted by molar-refractivity contribution is 7.45. The van der Waals surface area contributed by atoms with E-state index in [9.17, 15) is 19.0 Å². The number of quaternary nitrogens is 1. The van der Waals surface area contributed by atoms with E-state index in [1.165, 1.54) is 64.2 Å². The zero-order chi connectivity index (χ0) is 34.4. The van der Waals surface area contributed by atoms with Gasteiger partial charge in [-0.2, -0.15) is 0 Å². The van der Waals surface area contributed by atoms with Crippen molar-refractivity contribution < 1.29 is 42.1 Å². The summed E-state index contributed by atoms with van der Waals surface area (Å²) in [7, 11) is 1.16. The number of nitrogens with zero attached hydrogens (tertiary/aromatic N) is 1. The average molecular weight is 676 g/mol. The van der Waals surface area contributed by atoms with Crippen molar-refractivity contribution in [1.29, 1.82) is 0 Å². The van der Waals surface area contributed by atoms with Crippen LogP contribution in [0.2, 0.25) is 0 Å². The molecule has 10 heteroatoms. The normalized spacial score (nSPS) is 14.0. The summed E-state index contributed by atoms with van der Waals surface area (Å²) in [5, 5.41) is 0. The predicted octanol–water partition coefficient (Wildman–Crippen LogP) is 8.83. The van der Waals surface area contributed by atoms with Gasteiger partial charge in [0.1, 0.15) is 19.8 Å². The maximum Gasteiger partial charge on any atom is 0.306 e. The number of rotatable bonds is 33. The van der Waals surface area contributed by atoms with E-state index >= 15 is 0 Å². The van der Waals surface area contributed by atoms with Crippen molar-refractivity contribution in [1.82, 2.24) is 0 Å². The third kappa shape index (κ3) is 32.7. The van der Waals surface area contributed by atoms with E-state index in [-0.39, 0.29) is 32.0 Å². The lowest BCUT2D eigenvalue weighted by atomic mass is 10.1. The van der Waals surface area contributed by atoms with Crippen LogP contribution in [0.4, 0.5) is 0 Å². The highest BCUT2D eigenvalue weighted by Crippen LogP contribution is 2.38. The van der Waals surface area contributed by atoms with Crippen LogP contribution in [0.15, 0.2) is 12.2 Å². The van der Waals surface area contributed by atoms with Crippen LogP contribution in [0.3, 0.4) is 0 Å². The zero-order valence-corrected chi connectivity index (χ0v) is 31.2. The Morgan fingerprint density at radius 3 is 1.65 bits per heavy atom. The smallest absolute Gasteiger partial charge is 0.306 e. The van der Waals surface area contributed by atoms with E-state index in [1.54, 1.807) is 0 Å². The largest absolute Gasteiger partial charge is 0.756 e. The summed E-state index contributed by atoms with van der Waals surface area (Å²) in [5.74, 6) is -0.845. The fraction of sp³-hybridized carbons (Fsp3) is 0.889. The Morgan fingerprint density at radius 1 is 0.652 bits per heavy atom. The molecule has 0 saturated heterocycles. The third-order valence-electron chi connectivity index (χ3n) is 7.79. The standard InChI is InChI=1S/C36H70NO8P/c1-6-8-10-12-14-16-18-19-21-23-25-27-29-36(39)45-34(33-44-46(40,41)43-31-30-37(3,4)5)32-42-35(38)28-26-24-22-20-17-15-13-11-9-7-2/h14,16,34H,6-13,15,17-33H2,1-5H3/b16-14-. The molecule has 2 atom stereocenters. The molecule has 0 N–H and O–H groups in total. The summed E-state index contributed by atoms with van der Waals surface area (Å²) in [4.78, 5) is 37.2. The number of hydrogen-bond donors (Lipinski definition) is 0. The van der Waals surface area contributed by atoms with Crippen molar-refractivity contribution in [3.05, 3.63) is 12.2 Å². The lowest BCUT2D eigenvalue weighted by molar-refractivity contribution is -0.870. The first-order chi connectivity index (χ1) is 22.0. The Labute approximate surface area is 282 Å². The number of phosphoric acid groups is 1. The summed E-state index contributed by atoms with van der Waals surface area (Å²) in [6, 6.07) is 0. The average Bonchev–Trinajstić information content (AvgIpc) is 2.99. The molecule has 2 unspecified atom stereocenters. The van der Waals surface area contributed by atoms with Crippen molar-refractivity contribution in [3.63, 3.8) is 0 Å². The molecule has 0 radical (unpaired) electrons. The van der Waals surface area contributed by atoms with Crippen LogP contribution in [0.25, 0.3) is 0 Å². The van der Waals surface area contributed by atoms with Crippen molar-refractivity contribution in [2.45, 2.75) is 161 Å². The van der Waals surface area contributed by atoms with Crippen LogP contribution in [0.1, 0.15) is 155 Å². The maximum atomic E-state index is 12.6. The second-order valence-corrected chi connectivity index (χ2v) is 15.0. The Kier molecular flexibility index (Phi) is 29.0. The first-order valence-electron chi connectivity index (χ1n) is 18.4. The van der Waals surface area contributed by atoms with E-state index in [2.05, 4.69) is 26.0 Å². The van der Waals surface area contributed by atoms with Crippen molar-refractivity contribution in [3.8, 4) is 0 Å². The van der Waals surface area contributed by atoms with Gasteiger partial charge in [-0.3, -0.25) is 14.2 Å². The van der Waals surface area contributed by atoms with Gasteiger partial charge in [-0.05, 0) is 38.5 Å². The molecule has 0 rings (SSSR count). The van der Waals surface area contributed by atoms with Gasteiger partial charge in [0.15, 0.2) is 6.10 Å². The van der Waals surface area contributed by atoms with Crippen LogP contribution in [-0.2, 0) is 32.7 Å². The van der Waals surface area contributed by atoms with E-state index < -0.39 is 26.5 Å². The molecule has 0 spiro atoms. The van der Waals surface area contributed by atoms with Gasteiger partial charge in [-0.25, -0.2) is 0 Å². The Hall–Kier alpha value is -1.25. The summed E-state index contributed by atoms with van der Waals surface area (Å²) in [6.07, 6.45) is 26.7. The first-order valence-corrected chi connectivity index (χ1v) is 19.9. The molecule has 0 aromatic rings. The van der Waals surface area contributed by atoms with Crippen LogP contribution < -0.4 is 4.89 Å². The van der Waals surface area contributed by atoms with Crippen LogP contribution in [-0.4, -0.2) is 70.0 Å². The lowest BCUT2D eigenvalue weighted by Gasteiger charge is -2.28. The number of likely N-dealkylation sites (N-methyl/N-ethyl adjacent to an activating group) is 1. The highest BCUT2D eigenvalue weighted by atomic mass is 31.2. The number of hydrogen-bond acceptors (Lipinski definition) is 8. The minimum Gasteiger partial charge on any atom is -0.756 e. The summed E-state index contributed by atoms with van der Waals surface area (Å²) in [6.45, 7) is 4.16. The SMILES string of the molecule is CCCCC/C=C\CCCCCCCC(=O)OC(COC(=O)CCCCCCCCCCCC)COP(=O)([O-])OCC[N+](C)(C)C. The molecule has 9 nitrogen and oxygen atoms in total. The molecule has 0 aromatic heterocycles. The molecule has 0 aliphatic rings. The lowest BCUT2D eigenvalue weighted by Crippen LogP contribution is -2.37. The number of phosphoric ester groups is 1. The molecular weight excluding hydrogens is 605 g/mol. The van der Waals surface area contributed by atoms with Gasteiger partial charge in [0.2, 0.25) is 0 Å². The number of ether oxygens (including phenoxy) is 2. The first kappa shape index (κ1) is 44.8. The summed E-state index contributed by atoms with van der Waals surface area (Å²) >= 11 is 0. The van der Waals surface area contributed by atoms with E-state index in [0.29, 0.717) is 17.4 Å². The quantitative estimate of drug-likeness (QED) is 0.0223. The molecule has 0 amide bonds. The van der Waals surface area contributed by atoms with E-state index in [0.717, 1.165) is 57.8 Å². The Morgan fingerprint density at radius 2 is 1.11 bits per heavy atom. The van der Waals surface area contributed by atoms with Gasteiger partial charge in [0.25, 0.3) is 7.82 Å². The number of esters is 2. The molecule has 272 valence electrons. The predicted molar refractivity (Wildman–Crippen MR) is 185 cm³/mol. The van der Waals surface area contributed by atoms with Gasteiger partial charge < -0.3 is 27.9 Å². The molecule has 0 aliphatic heterocycles. The van der Waals surface area contributed by atoms with Crippen LogP contribution in [0, 0.1) is 0 Å². The van der Waals surface area contributed by atoms with Crippen LogP contribution >= 0.6 is 7.82 Å². The third-order valence-corrected chi connectivity index (χ3v) is 8.75. The second-order valence-electron chi connectivity index (χ2n) is 13.6. The molecular formula is C36H70NO8P. The number of carbonyl (C=O) groups excluding carboxylic acids is 2. The minimum absolute atomic E-state index is 0.0299. The molecule has 0 aromatic carbocycles. The Bertz CT molecular complexity index is 814. The maximum absolute atomic E-state index is 12.6. The van der Waals surface area contributed by atoms with Gasteiger partial charge in [0.05, 0.1) is 27.7 Å². The van der Waals surface area contributed by atoms with Crippen molar-refractivity contribution in [2.75, 3.05) is 47.5 Å². The van der Waals surface area contributed by atoms with Crippen LogP contribution in [0.5, 0.6) is 0 Å². The monoisotopic (exact) mass is 675 g/mol. The number of allylic oxidation sites excluding steroid dienone is 2. The zero-order valence-electron chi connectivity index (χ0n) is 30.3. The van der Waals surface area contributed by atoms with Gasteiger partial charge in [0, 0.05) is 12.8 Å². The topological polar surface area (TPSA) is 111 Å². The fourth-order valence-electron chi connectivity index (χ4n) is 4.82.